The van der Waals surface area contributed by atoms with E-state index in [-0.39, 0.29) is 0 Å². The van der Waals surface area contributed by atoms with E-state index in [2.05, 4.69) is 21.7 Å². The van der Waals surface area contributed by atoms with E-state index >= 15 is 0 Å². The molecule has 0 spiro atoms. The van der Waals surface area contributed by atoms with Crippen molar-refractivity contribution in [2.24, 2.45) is 0 Å². The molecule has 0 fully saturated rings. The number of hydrogen-bond donors (Lipinski definition) is 2. The summed E-state index contributed by atoms with van der Waals surface area (Å²) >= 11 is 1.26. The van der Waals surface area contributed by atoms with Crippen LogP contribution in [0.4, 0.5) is 10.5 Å². The molecule has 1 atom stereocenters. The molecule has 3 amide bonds. The van der Waals surface area contributed by atoms with E-state index in [1.54, 1.807) is 6.92 Å². The summed E-state index contributed by atoms with van der Waals surface area (Å²) in [4.78, 5) is 29.4. The number of urea groups is 1. The van der Waals surface area contributed by atoms with Crippen molar-refractivity contribution in [3.63, 3.8) is 0 Å². The van der Waals surface area contributed by atoms with Gasteiger partial charge in [0.15, 0.2) is 5.16 Å². The lowest BCUT2D eigenvalue weighted by molar-refractivity contribution is -0.119. The Morgan fingerprint density at radius 3 is 2.73 bits per heavy atom. The summed E-state index contributed by atoms with van der Waals surface area (Å²) in [6, 6.07) is 14.9. The van der Waals surface area contributed by atoms with Crippen LogP contribution in [0.5, 0.6) is 0 Å². The minimum absolute atomic E-state index is 0.340. The standard InChI is InChI=1S/C22H23N5O2S/c1-14-9-10-17(15(2)13-14)24-21(29)26-20(28)16(3)30-22-25-18-7-4-5-8-19(18)27(22)12-6-11-23/h4-5,7-10,13,16H,6,12H2,1-3H3,(H2,24,26,28,29)/t16-/m0/s1. The lowest BCUT2D eigenvalue weighted by Crippen LogP contribution is -2.39. The van der Waals surface area contributed by atoms with Crippen molar-refractivity contribution >= 4 is 40.4 Å². The zero-order valence-corrected chi connectivity index (χ0v) is 17.9. The molecule has 2 N–H and O–H groups in total. The van der Waals surface area contributed by atoms with Gasteiger partial charge in [-0.2, -0.15) is 5.26 Å². The number of para-hydroxylation sites is 2. The smallest absolute Gasteiger partial charge is 0.318 e. The summed E-state index contributed by atoms with van der Waals surface area (Å²) in [5.74, 6) is -0.416. The highest BCUT2D eigenvalue weighted by Gasteiger charge is 2.21. The second kappa shape index (κ2) is 9.46. The number of fused-ring (bicyclic) bond motifs is 1. The molecule has 1 aromatic heterocycles. The van der Waals surface area contributed by atoms with E-state index in [0.717, 1.165) is 22.2 Å². The Balaban J connectivity index is 1.68. The molecule has 0 bridgehead atoms. The van der Waals surface area contributed by atoms with Gasteiger partial charge in [0, 0.05) is 12.2 Å². The van der Waals surface area contributed by atoms with E-state index in [4.69, 9.17) is 5.26 Å². The number of anilines is 1. The van der Waals surface area contributed by atoms with Crippen LogP contribution in [-0.2, 0) is 11.3 Å². The predicted molar refractivity (Wildman–Crippen MR) is 118 cm³/mol. The van der Waals surface area contributed by atoms with Crippen molar-refractivity contribution in [1.82, 2.24) is 14.9 Å². The summed E-state index contributed by atoms with van der Waals surface area (Å²) < 4.78 is 1.93. The number of imidazole rings is 1. The minimum Gasteiger partial charge on any atom is -0.318 e. The molecule has 3 aromatic rings. The summed E-state index contributed by atoms with van der Waals surface area (Å²) in [5.41, 5.74) is 4.39. The molecule has 0 aliphatic rings. The van der Waals surface area contributed by atoms with Gasteiger partial charge in [-0.3, -0.25) is 10.1 Å². The van der Waals surface area contributed by atoms with Gasteiger partial charge in [-0.05, 0) is 44.5 Å². The van der Waals surface area contributed by atoms with Crippen LogP contribution in [0.3, 0.4) is 0 Å². The Hall–Kier alpha value is -3.31. The van der Waals surface area contributed by atoms with Crippen LogP contribution in [0.25, 0.3) is 11.0 Å². The lowest BCUT2D eigenvalue weighted by atomic mass is 10.1. The minimum atomic E-state index is -0.572. The van der Waals surface area contributed by atoms with E-state index in [0.29, 0.717) is 23.8 Å². The first-order valence-corrected chi connectivity index (χ1v) is 10.4. The fourth-order valence-electron chi connectivity index (χ4n) is 3.05. The van der Waals surface area contributed by atoms with Crippen LogP contribution in [0.15, 0.2) is 47.6 Å². The first-order valence-electron chi connectivity index (χ1n) is 9.57. The average molecular weight is 422 g/mol. The molecular formula is C22H23N5O2S. The SMILES string of the molecule is Cc1ccc(NC(=O)NC(=O)[C@H](C)Sc2nc3ccccc3n2CCC#N)c(C)c1. The summed E-state index contributed by atoms with van der Waals surface area (Å²) in [5, 5.41) is 14.1. The fraction of sp³-hybridized carbons (Fsp3) is 0.273. The van der Waals surface area contributed by atoms with Gasteiger partial charge in [0.05, 0.1) is 28.8 Å². The molecule has 30 heavy (non-hydrogen) atoms. The number of carbonyl (C=O) groups is 2. The number of aryl methyl sites for hydroxylation is 3. The average Bonchev–Trinajstić information content (AvgIpc) is 3.05. The van der Waals surface area contributed by atoms with Gasteiger partial charge in [-0.25, -0.2) is 9.78 Å². The summed E-state index contributed by atoms with van der Waals surface area (Å²) in [6.07, 6.45) is 0.340. The Morgan fingerprint density at radius 1 is 1.23 bits per heavy atom. The van der Waals surface area contributed by atoms with E-state index < -0.39 is 17.2 Å². The van der Waals surface area contributed by atoms with Gasteiger partial charge >= 0.3 is 6.03 Å². The summed E-state index contributed by atoms with van der Waals surface area (Å²) in [7, 11) is 0. The van der Waals surface area contributed by atoms with Crippen molar-refractivity contribution in [2.45, 2.75) is 44.1 Å². The molecule has 0 saturated heterocycles. The van der Waals surface area contributed by atoms with E-state index in [1.165, 1.54) is 11.8 Å². The van der Waals surface area contributed by atoms with Gasteiger partial charge < -0.3 is 9.88 Å². The van der Waals surface area contributed by atoms with E-state index in [9.17, 15) is 9.59 Å². The number of rotatable bonds is 6. The second-order valence-electron chi connectivity index (χ2n) is 6.96. The topological polar surface area (TPSA) is 99.8 Å². The van der Waals surface area contributed by atoms with Crippen LogP contribution in [0.2, 0.25) is 0 Å². The molecule has 154 valence electrons. The maximum Gasteiger partial charge on any atom is 0.325 e. The first-order chi connectivity index (χ1) is 14.4. The van der Waals surface area contributed by atoms with Gasteiger partial charge in [0.2, 0.25) is 5.91 Å². The van der Waals surface area contributed by atoms with Crippen molar-refractivity contribution in [1.29, 1.82) is 5.26 Å². The number of aromatic nitrogens is 2. The number of nitriles is 1. The number of carbonyl (C=O) groups excluding carboxylic acids is 2. The Labute approximate surface area is 179 Å². The number of nitrogens with one attached hydrogen (secondary N) is 2. The van der Waals surface area contributed by atoms with Crippen LogP contribution < -0.4 is 10.6 Å². The number of thioether (sulfide) groups is 1. The third-order valence-corrected chi connectivity index (χ3v) is 5.68. The molecule has 0 radical (unpaired) electrons. The zero-order chi connectivity index (χ0) is 21.7. The van der Waals surface area contributed by atoms with Gasteiger partial charge in [-0.1, -0.05) is 41.6 Å². The molecule has 0 unspecified atom stereocenters. The molecule has 7 nitrogen and oxygen atoms in total. The highest BCUT2D eigenvalue weighted by Crippen LogP contribution is 2.27. The van der Waals surface area contributed by atoms with Crippen LogP contribution >= 0.6 is 11.8 Å². The first kappa shape index (κ1) is 21.4. The van der Waals surface area contributed by atoms with Crippen molar-refractivity contribution < 1.29 is 9.59 Å². The number of hydrogen-bond acceptors (Lipinski definition) is 5. The molecule has 3 rings (SSSR count). The molecule has 0 saturated carbocycles. The zero-order valence-electron chi connectivity index (χ0n) is 17.1. The molecule has 0 aliphatic heterocycles. The molecule has 1 heterocycles. The van der Waals surface area contributed by atoms with Gasteiger partial charge in [0.25, 0.3) is 0 Å². The summed E-state index contributed by atoms with van der Waals surface area (Å²) in [6.45, 7) is 6.08. The normalized spacial score (nSPS) is 11.7. The molecule has 0 aliphatic carbocycles. The quantitative estimate of drug-likeness (QED) is 0.575. The third-order valence-electron chi connectivity index (χ3n) is 4.58. The Morgan fingerprint density at radius 2 is 2.00 bits per heavy atom. The maximum atomic E-state index is 12.5. The maximum absolute atomic E-state index is 12.5. The Kier molecular flexibility index (Phi) is 6.75. The number of benzene rings is 2. The van der Waals surface area contributed by atoms with Crippen molar-refractivity contribution in [2.75, 3.05) is 5.32 Å². The number of imide groups is 1. The van der Waals surface area contributed by atoms with Crippen LogP contribution in [-0.4, -0.2) is 26.7 Å². The predicted octanol–water partition coefficient (Wildman–Crippen LogP) is 4.40. The number of amides is 3. The van der Waals surface area contributed by atoms with Crippen molar-refractivity contribution in [3.8, 4) is 6.07 Å². The Bertz CT molecular complexity index is 1130. The highest BCUT2D eigenvalue weighted by molar-refractivity contribution is 8.00. The van der Waals surface area contributed by atoms with Gasteiger partial charge in [0.1, 0.15) is 0 Å². The lowest BCUT2D eigenvalue weighted by Gasteiger charge is -2.14. The largest absolute Gasteiger partial charge is 0.325 e. The van der Waals surface area contributed by atoms with Crippen molar-refractivity contribution in [3.05, 3.63) is 53.6 Å². The number of nitrogens with zero attached hydrogens (tertiary/aromatic N) is 3. The van der Waals surface area contributed by atoms with Gasteiger partial charge in [-0.15, -0.1) is 0 Å². The van der Waals surface area contributed by atoms with Crippen LogP contribution in [0, 0.1) is 25.2 Å². The monoisotopic (exact) mass is 421 g/mol. The second-order valence-corrected chi connectivity index (χ2v) is 8.27. The third kappa shape index (κ3) is 4.99. The highest BCUT2D eigenvalue weighted by atomic mass is 32.2. The molecule has 8 heteroatoms. The van der Waals surface area contributed by atoms with E-state index in [1.807, 2.05) is 60.9 Å². The molecular weight excluding hydrogens is 398 g/mol. The molecule has 2 aromatic carbocycles. The fourth-order valence-corrected chi connectivity index (χ4v) is 4.00. The van der Waals surface area contributed by atoms with Crippen LogP contribution in [0.1, 0.15) is 24.5 Å².